The van der Waals surface area contributed by atoms with Crippen molar-refractivity contribution in [3.05, 3.63) is 139 Å². The molecular weight excluding hydrogens is 597 g/mol. The molecule has 0 radical (unpaired) electrons. The molecule has 0 unspecified atom stereocenters. The second kappa shape index (κ2) is 11.1. The summed E-state index contributed by atoms with van der Waals surface area (Å²) in [4.78, 5) is 14.3. The van der Waals surface area contributed by atoms with Crippen LogP contribution in [0, 0.1) is 0 Å². The molecule has 0 saturated heterocycles. The lowest BCUT2D eigenvalue weighted by molar-refractivity contribution is 0.463. The first-order valence-electron chi connectivity index (χ1n) is 16.0. The van der Waals surface area contributed by atoms with Crippen LogP contribution in [-0.2, 0) is 5.41 Å². The highest BCUT2D eigenvalue weighted by Crippen LogP contribution is 2.40. The van der Waals surface area contributed by atoms with E-state index in [1.54, 1.807) is 0 Å². The number of nitrogens with zero attached hydrogens (tertiary/aromatic N) is 4. The van der Waals surface area contributed by atoms with E-state index in [2.05, 4.69) is 134 Å². The van der Waals surface area contributed by atoms with Crippen molar-refractivity contribution in [1.29, 1.82) is 0 Å². The van der Waals surface area contributed by atoms with Gasteiger partial charge in [-0.1, -0.05) is 81.4 Å². The third kappa shape index (κ3) is 4.86. The van der Waals surface area contributed by atoms with E-state index in [-0.39, 0.29) is 5.41 Å². The van der Waals surface area contributed by atoms with Gasteiger partial charge in [0.15, 0.2) is 0 Å². The van der Waals surface area contributed by atoms with E-state index in [1.165, 1.54) is 32.5 Å². The molecule has 8 rings (SSSR count). The Balaban J connectivity index is 1.26. The lowest BCUT2D eigenvalue weighted by atomic mass is 9.88. The fraction of sp³-hybridized carbons (Fsp3) is 0.150. The zero-order valence-corrected chi connectivity index (χ0v) is 28.0. The number of ether oxygens (including phenoxy) is 2. The highest BCUT2D eigenvalue weighted by Gasteiger charge is 2.49. The summed E-state index contributed by atoms with van der Waals surface area (Å²) in [5, 5.41) is 4.59. The van der Waals surface area contributed by atoms with Crippen LogP contribution in [0.25, 0.3) is 0 Å². The van der Waals surface area contributed by atoms with Gasteiger partial charge in [-0.05, 0) is 81.1 Å². The van der Waals surface area contributed by atoms with Gasteiger partial charge in [-0.25, -0.2) is 4.98 Å². The number of fused-ring (bicyclic) bond motifs is 3. The van der Waals surface area contributed by atoms with Crippen molar-refractivity contribution in [2.75, 3.05) is 23.5 Å². The van der Waals surface area contributed by atoms with Crippen molar-refractivity contribution in [1.82, 2.24) is 9.97 Å². The summed E-state index contributed by atoms with van der Waals surface area (Å²) < 4.78 is 13.1. The Morgan fingerprint density at radius 1 is 0.702 bits per heavy atom. The molecule has 0 N–H and O–H groups in total. The SMILES string of the molecule is CN1CN(c2ccnc(Oc3cccc([Si]4(c5cc(C(C)(C)C)ccn5)c5ccccc5Oc5ccccc54)c3)c2)c2ccccc21. The Kier molecular flexibility index (Phi) is 6.88. The topological polar surface area (TPSA) is 50.7 Å². The fourth-order valence-corrected chi connectivity index (χ4v) is 11.8. The van der Waals surface area contributed by atoms with E-state index in [0.717, 1.165) is 34.9 Å². The minimum absolute atomic E-state index is 0.0379. The molecular formula is C40H36N4O2Si. The largest absolute Gasteiger partial charge is 0.458 e. The van der Waals surface area contributed by atoms with Crippen molar-refractivity contribution in [3.63, 3.8) is 0 Å². The highest BCUT2D eigenvalue weighted by molar-refractivity contribution is 7.20. The van der Waals surface area contributed by atoms with E-state index in [9.17, 15) is 0 Å². The van der Waals surface area contributed by atoms with Gasteiger partial charge in [0.2, 0.25) is 14.0 Å². The van der Waals surface area contributed by atoms with Gasteiger partial charge in [-0.2, -0.15) is 0 Å². The number of para-hydroxylation sites is 4. The number of benzene rings is 4. The molecule has 0 bridgehead atoms. The number of hydrogen-bond donors (Lipinski definition) is 0. The molecule has 2 aliphatic heterocycles. The smallest absolute Gasteiger partial charge is 0.221 e. The molecule has 0 spiro atoms. The number of hydrogen-bond acceptors (Lipinski definition) is 6. The van der Waals surface area contributed by atoms with Crippen molar-refractivity contribution >= 4 is 46.0 Å². The molecule has 0 amide bonds. The standard InChI is InChI=1S/C40H36N4O2Si/c1-40(2,3)28-20-22-42-39(24-28)47(36-18-9-7-16-34(36)46-35-17-8-10-19-37(35)47)31-13-11-12-30(26-31)45-38-25-29(21-23-41-38)44-27-43(4)32-14-5-6-15-33(32)44/h5-26H,27H2,1-4H3. The molecule has 47 heavy (non-hydrogen) atoms. The molecule has 7 heteroatoms. The van der Waals surface area contributed by atoms with E-state index in [1.807, 2.05) is 42.7 Å². The van der Waals surface area contributed by atoms with Crippen molar-refractivity contribution in [2.45, 2.75) is 26.2 Å². The Morgan fingerprint density at radius 3 is 2.13 bits per heavy atom. The number of pyridine rings is 2. The molecule has 0 saturated carbocycles. The van der Waals surface area contributed by atoms with Gasteiger partial charge >= 0.3 is 0 Å². The number of anilines is 3. The number of aromatic nitrogens is 2. The lowest BCUT2D eigenvalue weighted by Gasteiger charge is -2.39. The molecule has 2 aliphatic rings. The third-order valence-corrected chi connectivity index (χ3v) is 13.9. The van der Waals surface area contributed by atoms with Gasteiger partial charge in [0.25, 0.3) is 0 Å². The summed E-state index contributed by atoms with van der Waals surface area (Å²) in [6.07, 6.45) is 3.79. The minimum Gasteiger partial charge on any atom is -0.458 e. The predicted molar refractivity (Wildman–Crippen MR) is 193 cm³/mol. The monoisotopic (exact) mass is 632 g/mol. The highest BCUT2D eigenvalue weighted by atomic mass is 28.3. The summed E-state index contributed by atoms with van der Waals surface area (Å²) in [5.41, 5.74) is 4.62. The maximum absolute atomic E-state index is 6.58. The lowest BCUT2D eigenvalue weighted by Crippen LogP contribution is -2.77. The summed E-state index contributed by atoms with van der Waals surface area (Å²) in [6.45, 7) is 7.51. The van der Waals surface area contributed by atoms with Gasteiger partial charge in [0.1, 0.15) is 17.2 Å². The first-order chi connectivity index (χ1) is 22.8. The fourth-order valence-electron chi connectivity index (χ4n) is 6.97. The van der Waals surface area contributed by atoms with Gasteiger partial charge in [0, 0.05) is 36.5 Å². The summed E-state index contributed by atoms with van der Waals surface area (Å²) >= 11 is 0. The van der Waals surface area contributed by atoms with Crippen LogP contribution in [0.4, 0.5) is 17.1 Å². The van der Waals surface area contributed by atoms with Gasteiger partial charge < -0.3 is 19.3 Å². The number of rotatable bonds is 5. The summed E-state index contributed by atoms with van der Waals surface area (Å²) in [6, 6.07) is 42.3. The Bertz CT molecular complexity index is 2080. The average Bonchev–Trinajstić information content (AvgIpc) is 3.43. The van der Waals surface area contributed by atoms with Crippen LogP contribution < -0.4 is 40.2 Å². The molecule has 6 aromatic rings. The first kappa shape index (κ1) is 29.0. The van der Waals surface area contributed by atoms with Crippen LogP contribution in [0.5, 0.6) is 23.1 Å². The summed E-state index contributed by atoms with van der Waals surface area (Å²) in [5.74, 6) is 3.02. The van der Waals surface area contributed by atoms with E-state index in [4.69, 9.17) is 14.5 Å². The molecule has 6 nitrogen and oxygen atoms in total. The minimum atomic E-state index is -2.96. The average molecular weight is 633 g/mol. The van der Waals surface area contributed by atoms with E-state index in [0.29, 0.717) is 5.88 Å². The predicted octanol–water partition coefficient (Wildman–Crippen LogP) is 6.59. The maximum atomic E-state index is 6.58. The Labute approximate surface area is 276 Å². The van der Waals surface area contributed by atoms with Crippen molar-refractivity contribution in [2.24, 2.45) is 0 Å². The molecule has 0 atom stereocenters. The molecule has 232 valence electrons. The molecule has 4 aromatic carbocycles. The van der Waals surface area contributed by atoms with Crippen molar-refractivity contribution in [3.8, 4) is 23.1 Å². The second-order valence-electron chi connectivity index (χ2n) is 13.3. The normalized spacial score (nSPS) is 14.6. The Morgan fingerprint density at radius 2 is 1.38 bits per heavy atom. The van der Waals surface area contributed by atoms with E-state index < -0.39 is 8.07 Å². The first-order valence-corrected chi connectivity index (χ1v) is 18.0. The van der Waals surface area contributed by atoms with Crippen LogP contribution >= 0.6 is 0 Å². The second-order valence-corrected chi connectivity index (χ2v) is 16.9. The van der Waals surface area contributed by atoms with E-state index >= 15 is 0 Å². The van der Waals surface area contributed by atoms with Crippen LogP contribution in [0.2, 0.25) is 0 Å². The molecule has 2 aromatic heterocycles. The van der Waals surface area contributed by atoms with Gasteiger partial charge in [-0.3, -0.25) is 4.98 Å². The molecule has 4 heterocycles. The van der Waals surface area contributed by atoms with Crippen LogP contribution in [0.1, 0.15) is 26.3 Å². The van der Waals surface area contributed by atoms with Crippen LogP contribution in [0.3, 0.4) is 0 Å². The van der Waals surface area contributed by atoms with Gasteiger partial charge in [0.05, 0.1) is 18.0 Å². The zero-order valence-electron chi connectivity index (χ0n) is 27.0. The molecule has 0 aliphatic carbocycles. The van der Waals surface area contributed by atoms with Gasteiger partial charge in [-0.15, -0.1) is 0 Å². The Hall–Kier alpha value is -5.40. The third-order valence-electron chi connectivity index (χ3n) is 9.27. The van der Waals surface area contributed by atoms with Crippen LogP contribution in [0.15, 0.2) is 134 Å². The zero-order chi connectivity index (χ0) is 32.2. The van der Waals surface area contributed by atoms with Crippen LogP contribution in [-0.4, -0.2) is 31.8 Å². The summed E-state index contributed by atoms with van der Waals surface area (Å²) in [7, 11) is -0.852. The maximum Gasteiger partial charge on any atom is 0.221 e. The van der Waals surface area contributed by atoms with Crippen molar-refractivity contribution < 1.29 is 9.47 Å². The molecule has 0 fully saturated rings. The quantitative estimate of drug-likeness (QED) is 0.200.